The molecule has 0 saturated carbocycles. The summed E-state index contributed by atoms with van der Waals surface area (Å²) in [5.41, 5.74) is 1.36. The zero-order valence-corrected chi connectivity index (χ0v) is 9.16. The van der Waals surface area contributed by atoms with Crippen molar-refractivity contribution in [1.29, 1.82) is 0 Å². The molecule has 0 aliphatic carbocycles. The average Bonchev–Trinajstić information content (AvgIpc) is 2.21. The molecule has 0 aliphatic heterocycles. The Kier molecular flexibility index (Phi) is 4.51. The first-order valence-electron chi connectivity index (χ1n) is 5.56. The summed E-state index contributed by atoms with van der Waals surface area (Å²) in [5.74, 6) is 1.02. The Morgan fingerprint density at radius 3 is 2.29 bits per heavy atom. The second-order valence-electron chi connectivity index (χ2n) is 3.84. The maximum atomic E-state index is 9.19. The molecule has 1 nitrogen and oxygen atoms in total. The molecule has 1 rings (SSSR count). The molecule has 1 heteroatoms. The predicted octanol–water partition coefficient (Wildman–Crippen LogP) is 4.08. The summed E-state index contributed by atoms with van der Waals surface area (Å²) in [7, 11) is 0. The van der Waals surface area contributed by atoms with E-state index in [9.17, 15) is 5.11 Å². The SMILES string of the molecule is CCCCC(CC)c1ccc(O)cc1. The van der Waals surface area contributed by atoms with Crippen LogP contribution >= 0.6 is 0 Å². The van der Waals surface area contributed by atoms with Gasteiger partial charge < -0.3 is 5.11 Å². The highest BCUT2D eigenvalue weighted by Gasteiger charge is 2.07. The Bertz CT molecular complexity index is 250. The first-order chi connectivity index (χ1) is 6.77. The number of hydrogen-bond donors (Lipinski definition) is 1. The van der Waals surface area contributed by atoms with Crippen molar-refractivity contribution in [3.05, 3.63) is 29.8 Å². The lowest BCUT2D eigenvalue weighted by Crippen LogP contribution is -1.96. The van der Waals surface area contributed by atoms with Gasteiger partial charge in [-0.15, -0.1) is 0 Å². The largest absolute Gasteiger partial charge is 0.508 e. The highest BCUT2D eigenvalue weighted by molar-refractivity contribution is 5.28. The molecule has 1 aromatic carbocycles. The molecular formula is C13H20O. The number of unbranched alkanes of at least 4 members (excludes halogenated alkanes) is 1. The summed E-state index contributed by atoms with van der Waals surface area (Å²) < 4.78 is 0. The fourth-order valence-electron chi connectivity index (χ4n) is 1.80. The summed E-state index contributed by atoms with van der Waals surface area (Å²) >= 11 is 0. The highest BCUT2D eigenvalue weighted by Crippen LogP contribution is 2.26. The molecular weight excluding hydrogens is 172 g/mol. The van der Waals surface area contributed by atoms with Gasteiger partial charge in [-0.2, -0.15) is 0 Å². The van der Waals surface area contributed by atoms with Gasteiger partial charge in [-0.05, 0) is 36.5 Å². The Morgan fingerprint density at radius 2 is 1.79 bits per heavy atom. The van der Waals surface area contributed by atoms with Crippen molar-refractivity contribution in [2.24, 2.45) is 0 Å². The van der Waals surface area contributed by atoms with Crippen LogP contribution in [-0.4, -0.2) is 5.11 Å². The maximum absolute atomic E-state index is 9.19. The van der Waals surface area contributed by atoms with E-state index in [0.717, 1.165) is 0 Å². The van der Waals surface area contributed by atoms with Gasteiger partial charge in [0.05, 0.1) is 0 Å². The van der Waals surface area contributed by atoms with Crippen LogP contribution in [0.3, 0.4) is 0 Å². The molecule has 0 spiro atoms. The molecule has 0 amide bonds. The second-order valence-corrected chi connectivity index (χ2v) is 3.84. The van der Waals surface area contributed by atoms with Crippen LogP contribution in [0.2, 0.25) is 0 Å². The summed E-state index contributed by atoms with van der Waals surface area (Å²) in [4.78, 5) is 0. The molecule has 0 bridgehead atoms. The Balaban J connectivity index is 2.64. The molecule has 1 atom stereocenters. The lowest BCUT2D eigenvalue weighted by molar-refractivity contribution is 0.474. The van der Waals surface area contributed by atoms with Gasteiger partial charge in [-0.3, -0.25) is 0 Å². The lowest BCUT2D eigenvalue weighted by atomic mass is 9.91. The zero-order chi connectivity index (χ0) is 10.4. The van der Waals surface area contributed by atoms with Crippen molar-refractivity contribution >= 4 is 0 Å². The number of aromatic hydroxyl groups is 1. The van der Waals surface area contributed by atoms with Crippen molar-refractivity contribution in [1.82, 2.24) is 0 Å². The highest BCUT2D eigenvalue weighted by atomic mass is 16.3. The number of hydrogen-bond acceptors (Lipinski definition) is 1. The van der Waals surface area contributed by atoms with Crippen molar-refractivity contribution in [2.75, 3.05) is 0 Å². The minimum atomic E-state index is 0.360. The minimum absolute atomic E-state index is 0.360. The van der Waals surface area contributed by atoms with Gasteiger partial charge in [-0.25, -0.2) is 0 Å². The van der Waals surface area contributed by atoms with Gasteiger partial charge in [0.1, 0.15) is 5.75 Å². The van der Waals surface area contributed by atoms with Crippen LogP contribution in [0.1, 0.15) is 51.0 Å². The molecule has 0 fully saturated rings. The fourth-order valence-corrected chi connectivity index (χ4v) is 1.80. The van der Waals surface area contributed by atoms with E-state index in [-0.39, 0.29) is 0 Å². The van der Waals surface area contributed by atoms with Crippen molar-refractivity contribution < 1.29 is 5.11 Å². The Morgan fingerprint density at radius 1 is 1.14 bits per heavy atom. The van der Waals surface area contributed by atoms with E-state index in [4.69, 9.17) is 0 Å². The summed E-state index contributed by atoms with van der Waals surface area (Å²) in [6.45, 7) is 4.46. The van der Waals surface area contributed by atoms with Gasteiger partial charge in [0.15, 0.2) is 0 Å². The van der Waals surface area contributed by atoms with E-state index in [1.54, 1.807) is 12.1 Å². The maximum Gasteiger partial charge on any atom is 0.115 e. The van der Waals surface area contributed by atoms with E-state index in [1.807, 2.05) is 12.1 Å². The van der Waals surface area contributed by atoms with E-state index in [1.165, 1.54) is 31.2 Å². The van der Waals surface area contributed by atoms with Crippen molar-refractivity contribution in [3.63, 3.8) is 0 Å². The van der Waals surface area contributed by atoms with Gasteiger partial charge >= 0.3 is 0 Å². The normalized spacial score (nSPS) is 12.7. The molecule has 0 radical (unpaired) electrons. The standard InChI is InChI=1S/C13H20O/c1-3-5-6-11(4-2)12-7-9-13(14)10-8-12/h7-11,14H,3-6H2,1-2H3. The van der Waals surface area contributed by atoms with Gasteiger partial charge in [0.25, 0.3) is 0 Å². The first kappa shape index (κ1) is 11.1. The molecule has 0 saturated heterocycles. The number of phenols is 1. The Hall–Kier alpha value is -0.980. The minimum Gasteiger partial charge on any atom is -0.508 e. The molecule has 0 aliphatic rings. The fraction of sp³-hybridized carbons (Fsp3) is 0.538. The molecule has 14 heavy (non-hydrogen) atoms. The molecule has 0 aromatic heterocycles. The van der Waals surface area contributed by atoms with Crippen LogP contribution in [0.4, 0.5) is 0 Å². The lowest BCUT2D eigenvalue weighted by Gasteiger charge is -2.14. The van der Waals surface area contributed by atoms with Crippen LogP contribution in [0.25, 0.3) is 0 Å². The smallest absolute Gasteiger partial charge is 0.115 e. The summed E-state index contributed by atoms with van der Waals surface area (Å²) in [6, 6.07) is 7.65. The van der Waals surface area contributed by atoms with Crippen molar-refractivity contribution in [2.45, 2.75) is 45.4 Å². The van der Waals surface area contributed by atoms with E-state index >= 15 is 0 Å². The van der Waals surface area contributed by atoms with E-state index in [0.29, 0.717) is 11.7 Å². The van der Waals surface area contributed by atoms with Crippen LogP contribution in [0.5, 0.6) is 5.75 Å². The average molecular weight is 192 g/mol. The van der Waals surface area contributed by atoms with Gasteiger partial charge in [0, 0.05) is 0 Å². The van der Waals surface area contributed by atoms with Crippen LogP contribution in [0, 0.1) is 0 Å². The summed E-state index contributed by atoms with van der Waals surface area (Å²) in [6.07, 6.45) is 5.00. The van der Waals surface area contributed by atoms with E-state index < -0.39 is 0 Å². The number of rotatable bonds is 5. The zero-order valence-electron chi connectivity index (χ0n) is 9.16. The predicted molar refractivity (Wildman–Crippen MR) is 60.7 cm³/mol. The third-order valence-corrected chi connectivity index (χ3v) is 2.76. The Labute approximate surface area is 86.8 Å². The quantitative estimate of drug-likeness (QED) is 0.745. The van der Waals surface area contributed by atoms with Gasteiger partial charge in [0.2, 0.25) is 0 Å². The molecule has 1 unspecified atom stereocenters. The van der Waals surface area contributed by atoms with Gasteiger partial charge in [-0.1, -0.05) is 38.8 Å². The number of phenolic OH excluding ortho intramolecular Hbond substituents is 1. The third-order valence-electron chi connectivity index (χ3n) is 2.76. The summed E-state index contributed by atoms with van der Waals surface area (Å²) in [5, 5.41) is 9.19. The van der Waals surface area contributed by atoms with Crippen LogP contribution < -0.4 is 0 Å². The van der Waals surface area contributed by atoms with Crippen molar-refractivity contribution in [3.8, 4) is 5.75 Å². The second kappa shape index (κ2) is 5.69. The third kappa shape index (κ3) is 3.06. The van der Waals surface area contributed by atoms with E-state index in [2.05, 4.69) is 13.8 Å². The topological polar surface area (TPSA) is 20.2 Å². The van der Waals surface area contributed by atoms with Crippen LogP contribution in [-0.2, 0) is 0 Å². The molecule has 1 N–H and O–H groups in total. The monoisotopic (exact) mass is 192 g/mol. The molecule has 0 heterocycles. The number of benzene rings is 1. The molecule has 1 aromatic rings. The molecule has 78 valence electrons. The first-order valence-corrected chi connectivity index (χ1v) is 5.56. The van der Waals surface area contributed by atoms with Crippen LogP contribution in [0.15, 0.2) is 24.3 Å².